The Bertz CT molecular complexity index is 760. The number of rotatable bonds is 5. The van der Waals surface area contributed by atoms with E-state index in [2.05, 4.69) is 22.0 Å². The average molecular weight is 286 g/mol. The highest BCUT2D eigenvalue weighted by Gasteiger charge is 2.14. The van der Waals surface area contributed by atoms with Crippen LogP contribution in [-0.2, 0) is 13.6 Å². The van der Waals surface area contributed by atoms with Gasteiger partial charge in [-0.05, 0) is 18.6 Å². The van der Waals surface area contributed by atoms with Crippen LogP contribution in [0.15, 0.2) is 24.5 Å². The summed E-state index contributed by atoms with van der Waals surface area (Å²) in [5.41, 5.74) is 7.74. The van der Waals surface area contributed by atoms with E-state index in [-0.39, 0.29) is 0 Å². The zero-order valence-electron chi connectivity index (χ0n) is 12.2. The van der Waals surface area contributed by atoms with Gasteiger partial charge in [0.25, 0.3) is 0 Å². The van der Waals surface area contributed by atoms with Crippen molar-refractivity contribution >= 4 is 17.0 Å². The minimum atomic E-state index is 0.435. The lowest BCUT2D eigenvalue weighted by atomic mass is 10.3. The Hall–Kier alpha value is -2.57. The number of nitrogens with two attached hydrogens (primary N) is 1. The number of aromatic nitrogens is 5. The number of para-hydroxylation sites is 1. The quantitative estimate of drug-likeness (QED) is 0.770. The van der Waals surface area contributed by atoms with Gasteiger partial charge in [-0.3, -0.25) is 4.68 Å². The van der Waals surface area contributed by atoms with Crippen LogP contribution >= 0.6 is 0 Å². The lowest BCUT2D eigenvalue weighted by Gasteiger charge is -2.06. The number of hydrogen-bond donors (Lipinski definition) is 1. The van der Waals surface area contributed by atoms with Gasteiger partial charge in [-0.15, -0.1) is 0 Å². The third-order valence-corrected chi connectivity index (χ3v) is 3.18. The topological polar surface area (TPSA) is 83.8 Å². The molecule has 0 amide bonds. The van der Waals surface area contributed by atoms with Gasteiger partial charge in [0.05, 0.1) is 18.7 Å². The van der Waals surface area contributed by atoms with E-state index >= 15 is 0 Å². The summed E-state index contributed by atoms with van der Waals surface area (Å²) in [6, 6.07) is 5.82. The zero-order valence-corrected chi connectivity index (χ0v) is 12.2. The predicted octanol–water partition coefficient (Wildman–Crippen LogP) is 1.58. The maximum atomic E-state index is 6.04. The van der Waals surface area contributed by atoms with Crippen LogP contribution in [0.4, 0.5) is 5.95 Å². The van der Waals surface area contributed by atoms with Crippen molar-refractivity contribution in [3.8, 4) is 5.75 Å². The first-order valence-corrected chi connectivity index (χ1v) is 6.91. The fourth-order valence-corrected chi connectivity index (χ4v) is 2.23. The number of nitrogen functional groups attached to an aromatic ring is 1. The lowest BCUT2D eigenvalue weighted by molar-refractivity contribution is 0.320. The van der Waals surface area contributed by atoms with Crippen LogP contribution in [0.1, 0.15) is 19.2 Å². The molecule has 7 nitrogen and oxygen atoms in total. The van der Waals surface area contributed by atoms with Gasteiger partial charge in [0.1, 0.15) is 17.6 Å². The first-order valence-electron chi connectivity index (χ1n) is 6.91. The number of nitrogens with zero attached hydrogens (tertiary/aromatic N) is 5. The fraction of sp³-hybridized carbons (Fsp3) is 0.357. The number of ether oxygens (including phenoxy) is 1. The van der Waals surface area contributed by atoms with Crippen LogP contribution in [-0.4, -0.2) is 30.9 Å². The van der Waals surface area contributed by atoms with E-state index < -0.39 is 0 Å². The number of fused-ring (bicyclic) bond motifs is 1. The van der Waals surface area contributed by atoms with Gasteiger partial charge in [0, 0.05) is 7.05 Å². The predicted molar refractivity (Wildman–Crippen MR) is 80.0 cm³/mol. The Balaban J connectivity index is 2.00. The lowest BCUT2D eigenvalue weighted by Crippen LogP contribution is -2.06. The van der Waals surface area contributed by atoms with Gasteiger partial charge in [0.2, 0.25) is 5.95 Å². The van der Waals surface area contributed by atoms with E-state index in [4.69, 9.17) is 10.5 Å². The van der Waals surface area contributed by atoms with Crippen LogP contribution in [0.3, 0.4) is 0 Å². The van der Waals surface area contributed by atoms with E-state index in [1.165, 1.54) is 0 Å². The summed E-state index contributed by atoms with van der Waals surface area (Å²) in [7, 11) is 1.84. The summed E-state index contributed by atoms with van der Waals surface area (Å²) in [6.07, 6.45) is 2.62. The number of benzene rings is 1. The maximum absolute atomic E-state index is 6.04. The van der Waals surface area contributed by atoms with Crippen LogP contribution in [0.2, 0.25) is 0 Å². The first-order chi connectivity index (χ1) is 10.2. The molecule has 0 saturated carbocycles. The smallest absolute Gasteiger partial charge is 0.201 e. The molecular weight excluding hydrogens is 268 g/mol. The van der Waals surface area contributed by atoms with Crippen molar-refractivity contribution < 1.29 is 4.74 Å². The number of aryl methyl sites for hydroxylation is 1. The van der Waals surface area contributed by atoms with Gasteiger partial charge in [0.15, 0.2) is 5.82 Å². The highest BCUT2D eigenvalue weighted by molar-refractivity contribution is 5.84. The van der Waals surface area contributed by atoms with Crippen molar-refractivity contribution in [3.63, 3.8) is 0 Å². The molecule has 0 saturated heterocycles. The van der Waals surface area contributed by atoms with Crippen molar-refractivity contribution in [2.45, 2.75) is 19.9 Å². The summed E-state index contributed by atoms with van der Waals surface area (Å²) in [6.45, 7) is 3.22. The molecule has 3 rings (SSSR count). The number of hydrogen-bond acceptors (Lipinski definition) is 5. The van der Waals surface area contributed by atoms with E-state index in [0.717, 1.165) is 23.2 Å². The Kier molecular flexibility index (Phi) is 3.47. The molecule has 110 valence electrons. The molecule has 0 aliphatic carbocycles. The van der Waals surface area contributed by atoms with Crippen LogP contribution in [0.25, 0.3) is 11.0 Å². The van der Waals surface area contributed by atoms with Crippen molar-refractivity contribution in [3.05, 3.63) is 30.4 Å². The van der Waals surface area contributed by atoms with Gasteiger partial charge in [-0.25, -0.2) is 9.97 Å². The first kappa shape index (κ1) is 13.4. The molecule has 0 aliphatic heterocycles. The van der Waals surface area contributed by atoms with Crippen LogP contribution in [0, 0.1) is 0 Å². The fourth-order valence-electron chi connectivity index (χ4n) is 2.23. The minimum absolute atomic E-state index is 0.435. The number of imidazole rings is 1. The highest BCUT2D eigenvalue weighted by Crippen LogP contribution is 2.27. The summed E-state index contributed by atoms with van der Waals surface area (Å²) < 4.78 is 9.28. The van der Waals surface area contributed by atoms with E-state index in [1.807, 2.05) is 29.8 Å². The van der Waals surface area contributed by atoms with Gasteiger partial charge in [-0.2, -0.15) is 5.10 Å². The SMILES string of the molecule is CCCOc1cccc2c1nc(N)n2Cc1ncn(C)n1. The summed E-state index contributed by atoms with van der Waals surface area (Å²) in [5.74, 6) is 1.89. The minimum Gasteiger partial charge on any atom is -0.491 e. The molecule has 7 heteroatoms. The molecule has 0 fully saturated rings. The standard InChI is InChI=1S/C14H18N6O/c1-3-7-21-11-6-4-5-10-13(11)17-14(15)20(10)8-12-16-9-19(2)18-12/h4-6,9H,3,7-8H2,1-2H3,(H2,15,17). The molecular formula is C14H18N6O. The largest absolute Gasteiger partial charge is 0.491 e. The molecule has 1 aromatic carbocycles. The molecule has 0 radical (unpaired) electrons. The second-order valence-electron chi connectivity index (χ2n) is 4.86. The van der Waals surface area contributed by atoms with E-state index in [0.29, 0.717) is 24.9 Å². The van der Waals surface area contributed by atoms with Gasteiger partial charge < -0.3 is 15.0 Å². The Labute approximate surface area is 122 Å². The van der Waals surface area contributed by atoms with Gasteiger partial charge in [-0.1, -0.05) is 13.0 Å². The molecule has 0 bridgehead atoms. The molecule has 2 aromatic heterocycles. The third-order valence-electron chi connectivity index (χ3n) is 3.18. The monoisotopic (exact) mass is 286 g/mol. The molecule has 0 atom stereocenters. The molecule has 0 aliphatic rings. The Morgan fingerprint density at radius 1 is 1.33 bits per heavy atom. The van der Waals surface area contributed by atoms with Crippen molar-refractivity contribution in [2.24, 2.45) is 7.05 Å². The number of anilines is 1. The summed E-state index contributed by atoms with van der Waals surface area (Å²) >= 11 is 0. The van der Waals surface area contributed by atoms with E-state index in [1.54, 1.807) is 11.0 Å². The molecule has 21 heavy (non-hydrogen) atoms. The van der Waals surface area contributed by atoms with Gasteiger partial charge >= 0.3 is 0 Å². The molecule has 2 heterocycles. The summed E-state index contributed by atoms with van der Waals surface area (Å²) in [4.78, 5) is 8.65. The normalized spacial score (nSPS) is 11.1. The van der Waals surface area contributed by atoms with Crippen molar-refractivity contribution in [1.82, 2.24) is 24.3 Å². The zero-order chi connectivity index (χ0) is 14.8. The highest BCUT2D eigenvalue weighted by atomic mass is 16.5. The van der Waals surface area contributed by atoms with Crippen LogP contribution in [0.5, 0.6) is 5.75 Å². The molecule has 3 aromatic rings. The molecule has 0 unspecified atom stereocenters. The van der Waals surface area contributed by atoms with Crippen molar-refractivity contribution in [1.29, 1.82) is 0 Å². The van der Waals surface area contributed by atoms with Crippen LogP contribution < -0.4 is 10.5 Å². The van der Waals surface area contributed by atoms with Crippen molar-refractivity contribution in [2.75, 3.05) is 12.3 Å². The maximum Gasteiger partial charge on any atom is 0.201 e. The second-order valence-corrected chi connectivity index (χ2v) is 4.86. The van der Waals surface area contributed by atoms with E-state index in [9.17, 15) is 0 Å². The Morgan fingerprint density at radius 2 is 2.19 bits per heavy atom. The third kappa shape index (κ3) is 2.54. The molecule has 2 N–H and O–H groups in total. The average Bonchev–Trinajstić information content (AvgIpc) is 3.02. The Morgan fingerprint density at radius 3 is 2.90 bits per heavy atom. The summed E-state index contributed by atoms with van der Waals surface area (Å²) in [5, 5.41) is 4.28. The second kappa shape index (κ2) is 5.43. The molecule has 0 spiro atoms.